The van der Waals surface area contributed by atoms with Crippen LogP contribution in [0.15, 0.2) is 66.7 Å². The Morgan fingerprint density at radius 1 is 1.10 bits per heavy atom. The fraction of sp³-hybridized carbons (Fsp3) is 0.0870. The van der Waals surface area contributed by atoms with E-state index < -0.39 is 5.91 Å². The van der Waals surface area contributed by atoms with Gasteiger partial charge < -0.3 is 10.1 Å². The summed E-state index contributed by atoms with van der Waals surface area (Å²) >= 11 is 6.29. The SMILES string of the molecule is COc1ccccc1NC(=O)c1nc(-c2ccc(F)cc2)n(-c2ccc(C)c(Cl)c2)n1. The highest BCUT2D eigenvalue weighted by Crippen LogP contribution is 2.26. The highest BCUT2D eigenvalue weighted by molar-refractivity contribution is 6.31. The number of anilines is 1. The first-order valence-electron chi connectivity index (χ1n) is 9.40. The number of carbonyl (C=O) groups excluding carboxylic acids is 1. The molecule has 1 amide bonds. The van der Waals surface area contributed by atoms with Gasteiger partial charge in [0.05, 0.1) is 18.5 Å². The fourth-order valence-corrected chi connectivity index (χ4v) is 3.19. The molecule has 0 unspecified atom stereocenters. The van der Waals surface area contributed by atoms with Gasteiger partial charge in [0.15, 0.2) is 5.82 Å². The minimum Gasteiger partial charge on any atom is -0.495 e. The lowest BCUT2D eigenvalue weighted by Gasteiger charge is -2.08. The van der Waals surface area contributed by atoms with Gasteiger partial charge in [0.25, 0.3) is 5.91 Å². The smallest absolute Gasteiger partial charge is 0.295 e. The van der Waals surface area contributed by atoms with E-state index in [0.29, 0.717) is 33.5 Å². The number of nitrogens with one attached hydrogen (secondary N) is 1. The number of aromatic nitrogens is 3. The number of ether oxygens (including phenoxy) is 1. The number of benzene rings is 3. The predicted molar refractivity (Wildman–Crippen MR) is 117 cm³/mol. The predicted octanol–water partition coefficient (Wildman–Crippen LogP) is 5.30. The van der Waals surface area contributed by atoms with Crippen LogP contribution in [-0.4, -0.2) is 27.8 Å². The number of halogens is 2. The number of para-hydroxylation sites is 2. The van der Waals surface area contributed by atoms with E-state index in [-0.39, 0.29) is 11.6 Å². The quantitative estimate of drug-likeness (QED) is 0.461. The summed E-state index contributed by atoms with van der Waals surface area (Å²) in [6, 6.07) is 18.2. The molecule has 0 fully saturated rings. The molecule has 1 N–H and O–H groups in total. The molecule has 0 aliphatic heterocycles. The van der Waals surface area contributed by atoms with Crippen molar-refractivity contribution < 1.29 is 13.9 Å². The topological polar surface area (TPSA) is 69.0 Å². The van der Waals surface area contributed by atoms with Gasteiger partial charge in [-0.05, 0) is 61.0 Å². The zero-order chi connectivity index (χ0) is 22.0. The number of methoxy groups -OCH3 is 1. The molecule has 1 heterocycles. The lowest BCUT2D eigenvalue weighted by molar-refractivity contribution is 0.101. The normalized spacial score (nSPS) is 10.7. The number of nitrogens with zero attached hydrogens (tertiary/aromatic N) is 3. The third-order valence-electron chi connectivity index (χ3n) is 4.67. The van der Waals surface area contributed by atoms with Gasteiger partial charge in [0.1, 0.15) is 11.6 Å². The second-order valence-electron chi connectivity index (χ2n) is 6.77. The summed E-state index contributed by atoms with van der Waals surface area (Å²) in [7, 11) is 1.52. The monoisotopic (exact) mass is 436 g/mol. The van der Waals surface area contributed by atoms with Crippen molar-refractivity contribution in [2.45, 2.75) is 6.92 Å². The molecule has 0 radical (unpaired) electrons. The molecule has 6 nitrogen and oxygen atoms in total. The molecule has 0 saturated carbocycles. The fourth-order valence-electron chi connectivity index (χ4n) is 3.01. The van der Waals surface area contributed by atoms with Crippen LogP contribution in [0.5, 0.6) is 5.75 Å². The molecular formula is C23H18ClFN4O2. The zero-order valence-electron chi connectivity index (χ0n) is 16.8. The average molecular weight is 437 g/mol. The van der Waals surface area contributed by atoms with E-state index in [1.54, 1.807) is 42.5 Å². The van der Waals surface area contributed by atoms with Gasteiger partial charge in [0.2, 0.25) is 5.82 Å². The van der Waals surface area contributed by atoms with Gasteiger partial charge in [0, 0.05) is 10.6 Å². The molecule has 31 heavy (non-hydrogen) atoms. The molecule has 4 aromatic rings. The zero-order valence-corrected chi connectivity index (χ0v) is 17.5. The summed E-state index contributed by atoms with van der Waals surface area (Å²) in [4.78, 5) is 17.3. The maximum atomic E-state index is 13.4. The Balaban J connectivity index is 1.78. The van der Waals surface area contributed by atoms with Gasteiger partial charge >= 0.3 is 0 Å². The third kappa shape index (κ3) is 4.27. The van der Waals surface area contributed by atoms with Crippen molar-refractivity contribution in [1.29, 1.82) is 0 Å². The van der Waals surface area contributed by atoms with Crippen LogP contribution >= 0.6 is 11.6 Å². The van der Waals surface area contributed by atoms with Crippen LogP contribution in [0.1, 0.15) is 16.2 Å². The Labute approximate surface area is 183 Å². The molecule has 0 aliphatic carbocycles. The van der Waals surface area contributed by atoms with Crippen molar-refractivity contribution in [2.24, 2.45) is 0 Å². The van der Waals surface area contributed by atoms with Crippen LogP contribution in [0.25, 0.3) is 17.1 Å². The number of aryl methyl sites for hydroxylation is 1. The standard InChI is InChI=1S/C23H18ClFN4O2/c1-14-7-12-17(13-18(14)24)29-22(15-8-10-16(25)11-9-15)27-21(28-29)23(30)26-19-5-3-4-6-20(19)31-2/h3-13H,1-2H3,(H,26,30). The van der Waals surface area contributed by atoms with Crippen molar-refractivity contribution in [3.63, 3.8) is 0 Å². The van der Waals surface area contributed by atoms with Crippen LogP contribution in [0.2, 0.25) is 5.02 Å². The molecule has 1 aromatic heterocycles. The number of hydrogen-bond donors (Lipinski definition) is 1. The number of hydrogen-bond acceptors (Lipinski definition) is 4. The lowest BCUT2D eigenvalue weighted by atomic mass is 10.2. The summed E-state index contributed by atoms with van der Waals surface area (Å²) in [5.41, 5.74) is 2.62. The van der Waals surface area contributed by atoms with E-state index in [9.17, 15) is 9.18 Å². The van der Waals surface area contributed by atoms with E-state index >= 15 is 0 Å². The molecule has 0 bridgehead atoms. The summed E-state index contributed by atoms with van der Waals surface area (Å²) in [5.74, 6) is -0.0430. The van der Waals surface area contributed by atoms with Gasteiger partial charge in [-0.15, -0.1) is 5.10 Å². The van der Waals surface area contributed by atoms with Crippen LogP contribution in [0.4, 0.5) is 10.1 Å². The van der Waals surface area contributed by atoms with E-state index in [2.05, 4.69) is 15.4 Å². The highest BCUT2D eigenvalue weighted by Gasteiger charge is 2.20. The molecule has 0 aliphatic rings. The van der Waals surface area contributed by atoms with Crippen LogP contribution in [-0.2, 0) is 0 Å². The minimum atomic E-state index is -0.509. The highest BCUT2D eigenvalue weighted by atomic mass is 35.5. The van der Waals surface area contributed by atoms with Crippen molar-refractivity contribution in [3.8, 4) is 22.8 Å². The van der Waals surface area contributed by atoms with E-state index in [4.69, 9.17) is 16.3 Å². The van der Waals surface area contributed by atoms with Gasteiger partial charge in [-0.2, -0.15) is 0 Å². The van der Waals surface area contributed by atoms with Crippen molar-refractivity contribution >= 4 is 23.2 Å². The van der Waals surface area contributed by atoms with Crippen molar-refractivity contribution in [3.05, 3.63) is 89.0 Å². The Morgan fingerprint density at radius 3 is 2.55 bits per heavy atom. The molecule has 0 atom stereocenters. The maximum absolute atomic E-state index is 13.4. The molecule has 0 saturated heterocycles. The molecule has 156 valence electrons. The molecule has 3 aromatic carbocycles. The molecular weight excluding hydrogens is 419 g/mol. The van der Waals surface area contributed by atoms with E-state index in [0.717, 1.165) is 5.56 Å². The van der Waals surface area contributed by atoms with Crippen molar-refractivity contribution in [2.75, 3.05) is 12.4 Å². The maximum Gasteiger partial charge on any atom is 0.295 e. The van der Waals surface area contributed by atoms with E-state index in [1.807, 2.05) is 19.1 Å². The average Bonchev–Trinajstić information content (AvgIpc) is 3.22. The van der Waals surface area contributed by atoms with Gasteiger partial charge in [-0.3, -0.25) is 4.79 Å². The molecule has 4 rings (SSSR count). The summed E-state index contributed by atoms with van der Waals surface area (Å²) in [6.07, 6.45) is 0. The molecule has 0 spiro atoms. The second kappa shape index (κ2) is 8.57. The van der Waals surface area contributed by atoms with Gasteiger partial charge in [-0.25, -0.2) is 14.1 Å². The number of carbonyl (C=O) groups is 1. The first-order chi connectivity index (χ1) is 15.0. The first kappa shape index (κ1) is 20.6. The Morgan fingerprint density at radius 2 is 1.84 bits per heavy atom. The lowest BCUT2D eigenvalue weighted by Crippen LogP contribution is -2.15. The first-order valence-corrected chi connectivity index (χ1v) is 9.78. The molecule has 8 heteroatoms. The Kier molecular flexibility index (Phi) is 5.68. The Hall–Kier alpha value is -3.71. The third-order valence-corrected chi connectivity index (χ3v) is 5.08. The number of rotatable bonds is 5. The van der Waals surface area contributed by atoms with Crippen LogP contribution in [0, 0.1) is 12.7 Å². The van der Waals surface area contributed by atoms with Crippen LogP contribution in [0.3, 0.4) is 0 Å². The van der Waals surface area contributed by atoms with Gasteiger partial charge in [-0.1, -0.05) is 29.8 Å². The number of amides is 1. The summed E-state index contributed by atoms with van der Waals surface area (Å²) in [6.45, 7) is 1.89. The second-order valence-corrected chi connectivity index (χ2v) is 7.17. The minimum absolute atomic E-state index is 0.0538. The van der Waals surface area contributed by atoms with E-state index in [1.165, 1.54) is 23.9 Å². The summed E-state index contributed by atoms with van der Waals surface area (Å²) in [5, 5.41) is 7.72. The largest absolute Gasteiger partial charge is 0.495 e. The Bertz CT molecular complexity index is 1250. The van der Waals surface area contributed by atoms with Crippen LogP contribution < -0.4 is 10.1 Å². The van der Waals surface area contributed by atoms with Crippen molar-refractivity contribution in [1.82, 2.24) is 14.8 Å². The summed E-state index contributed by atoms with van der Waals surface area (Å²) < 4.78 is 20.2.